The van der Waals surface area contributed by atoms with Crippen LogP contribution < -0.4 is 5.32 Å². The summed E-state index contributed by atoms with van der Waals surface area (Å²) in [7, 11) is 0. The van der Waals surface area contributed by atoms with E-state index >= 15 is 0 Å². The van der Waals surface area contributed by atoms with Gasteiger partial charge in [0.1, 0.15) is 5.78 Å². The Balaban J connectivity index is 1.58. The molecule has 2 aromatic rings. The van der Waals surface area contributed by atoms with Gasteiger partial charge in [-0.05, 0) is 12.8 Å². The van der Waals surface area contributed by atoms with Crippen molar-refractivity contribution in [1.29, 1.82) is 0 Å². The normalized spacial score (nSPS) is 16.5. The molecule has 1 N–H and O–H groups in total. The number of benzene rings is 1. The first kappa shape index (κ1) is 23.1. The molecule has 1 saturated carbocycles. The van der Waals surface area contributed by atoms with Crippen LogP contribution in [0.3, 0.4) is 0 Å². The number of oxazole rings is 1. The van der Waals surface area contributed by atoms with Crippen LogP contribution >= 0.6 is 0 Å². The maximum absolute atomic E-state index is 13.1. The second kappa shape index (κ2) is 10.6. The Kier molecular flexibility index (Phi) is 7.93. The molecule has 31 heavy (non-hydrogen) atoms. The van der Waals surface area contributed by atoms with Crippen molar-refractivity contribution in [3.05, 3.63) is 42.4 Å². The summed E-state index contributed by atoms with van der Waals surface area (Å²) in [5.41, 5.74) is 0.916. The van der Waals surface area contributed by atoms with Crippen molar-refractivity contribution in [3.63, 3.8) is 0 Å². The molecule has 1 amide bonds. The Hall–Kier alpha value is -2.57. The summed E-state index contributed by atoms with van der Waals surface area (Å²) < 4.78 is 32.1. The summed E-state index contributed by atoms with van der Waals surface area (Å²) in [6.45, 7) is 2.16. The van der Waals surface area contributed by atoms with E-state index in [2.05, 4.69) is 10.3 Å². The van der Waals surface area contributed by atoms with Gasteiger partial charge < -0.3 is 9.73 Å². The SMILES string of the molecule is CCC(=O)CCCCCC(CNC(=O)C1CC(F)(F)C1)c1ncc(-c2ccccc2)o1. The smallest absolute Gasteiger partial charge is 0.249 e. The van der Waals surface area contributed by atoms with Gasteiger partial charge in [-0.25, -0.2) is 13.8 Å². The maximum Gasteiger partial charge on any atom is 0.249 e. The van der Waals surface area contributed by atoms with E-state index in [0.29, 0.717) is 31.0 Å². The van der Waals surface area contributed by atoms with Crippen LogP contribution in [-0.2, 0) is 9.59 Å². The molecule has 0 saturated heterocycles. The molecule has 0 bridgehead atoms. The van der Waals surface area contributed by atoms with Gasteiger partial charge in [0, 0.05) is 43.7 Å². The average Bonchev–Trinajstić information content (AvgIpc) is 3.24. The van der Waals surface area contributed by atoms with Gasteiger partial charge in [0.05, 0.1) is 12.1 Å². The van der Waals surface area contributed by atoms with Crippen LogP contribution in [0.25, 0.3) is 11.3 Å². The Morgan fingerprint density at radius 1 is 1.19 bits per heavy atom. The second-order valence-electron chi connectivity index (χ2n) is 8.32. The first-order valence-corrected chi connectivity index (χ1v) is 11.1. The minimum absolute atomic E-state index is 0.149. The number of nitrogens with zero attached hydrogens (tertiary/aromatic N) is 1. The minimum atomic E-state index is -2.72. The molecule has 3 rings (SSSR count). The number of halogens is 2. The van der Waals surface area contributed by atoms with Crippen LogP contribution in [-0.4, -0.2) is 29.1 Å². The number of alkyl halides is 2. The summed E-state index contributed by atoms with van der Waals surface area (Å²) in [6, 6.07) is 9.62. The van der Waals surface area contributed by atoms with Crippen molar-refractivity contribution in [2.45, 2.75) is 70.1 Å². The van der Waals surface area contributed by atoms with Crippen LogP contribution in [0.5, 0.6) is 0 Å². The lowest BCUT2D eigenvalue weighted by Crippen LogP contribution is -2.45. The Morgan fingerprint density at radius 3 is 2.61 bits per heavy atom. The molecule has 1 atom stereocenters. The Bertz CT molecular complexity index is 859. The third-order valence-electron chi connectivity index (χ3n) is 5.82. The monoisotopic (exact) mass is 432 g/mol. The number of rotatable bonds is 12. The molecule has 0 spiro atoms. The van der Waals surface area contributed by atoms with Gasteiger partial charge in [0.15, 0.2) is 11.7 Å². The summed E-state index contributed by atoms with van der Waals surface area (Å²) in [5.74, 6) is -2.38. The van der Waals surface area contributed by atoms with E-state index in [-0.39, 0.29) is 30.4 Å². The minimum Gasteiger partial charge on any atom is -0.440 e. The lowest BCUT2D eigenvalue weighted by atomic mass is 9.80. The molecule has 1 unspecified atom stereocenters. The molecule has 7 heteroatoms. The van der Waals surface area contributed by atoms with E-state index in [4.69, 9.17) is 4.42 Å². The molecule has 168 valence electrons. The van der Waals surface area contributed by atoms with Gasteiger partial charge in [0.25, 0.3) is 0 Å². The maximum atomic E-state index is 13.1. The predicted octanol–water partition coefficient (Wildman–Crippen LogP) is 5.52. The van der Waals surface area contributed by atoms with Crippen molar-refractivity contribution >= 4 is 11.7 Å². The van der Waals surface area contributed by atoms with Crippen molar-refractivity contribution in [2.75, 3.05) is 6.54 Å². The largest absolute Gasteiger partial charge is 0.440 e. The predicted molar refractivity (Wildman–Crippen MR) is 114 cm³/mol. The Labute approximate surface area is 181 Å². The van der Waals surface area contributed by atoms with Crippen molar-refractivity contribution < 1.29 is 22.8 Å². The highest BCUT2D eigenvalue weighted by atomic mass is 19.3. The molecule has 1 aliphatic carbocycles. The van der Waals surface area contributed by atoms with E-state index in [0.717, 1.165) is 31.2 Å². The zero-order valence-electron chi connectivity index (χ0n) is 17.9. The standard InChI is InChI=1S/C24H30F2N2O3/c1-2-20(29)12-8-4-7-11-18(15-27-22(30)19-13-24(25,26)14-19)23-28-16-21(31-23)17-9-5-3-6-10-17/h3,5-6,9-10,16,18-19H,2,4,7-8,11-15H2,1H3,(H,27,30). The molecule has 1 aromatic heterocycles. The fourth-order valence-electron chi connectivity index (χ4n) is 3.81. The topological polar surface area (TPSA) is 72.2 Å². The summed E-state index contributed by atoms with van der Waals surface area (Å²) in [5, 5.41) is 2.81. The summed E-state index contributed by atoms with van der Waals surface area (Å²) in [4.78, 5) is 28.1. The van der Waals surface area contributed by atoms with Crippen molar-refractivity contribution in [2.24, 2.45) is 5.92 Å². The van der Waals surface area contributed by atoms with E-state index in [1.165, 1.54) is 0 Å². The van der Waals surface area contributed by atoms with Gasteiger partial charge in [0.2, 0.25) is 11.8 Å². The first-order chi connectivity index (χ1) is 14.9. The number of ketones is 1. The van der Waals surface area contributed by atoms with Crippen LogP contribution in [0.15, 0.2) is 40.9 Å². The van der Waals surface area contributed by atoms with Crippen molar-refractivity contribution in [1.82, 2.24) is 10.3 Å². The van der Waals surface area contributed by atoms with Crippen LogP contribution in [0.4, 0.5) is 8.78 Å². The summed E-state index contributed by atoms with van der Waals surface area (Å²) in [6.07, 6.45) is 5.39. The molecule has 5 nitrogen and oxygen atoms in total. The number of aromatic nitrogens is 1. The van der Waals surface area contributed by atoms with E-state index in [1.807, 2.05) is 37.3 Å². The third kappa shape index (κ3) is 6.71. The number of carbonyl (C=O) groups is 2. The van der Waals surface area contributed by atoms with E-state index in [9.17, 15) is 18.4 Å². The van der Waals surface area contributed by atoms with Gasteiger partial charge in [-0.3, -0.25) is 9.59 Å². The van der Waals surface area contributed by atoms with Gasteiger partial charge in [-0.2, -0.15) is 0 Å². The molecule has 0 aliphatic heterocycles. The van der Waals surface area contributed by atoms with Gasteiger partial charge in [-0.1, -0.05) is 50.1 Å². The van der Waals surface area contributed by atoms with Gasteiger partial charge >= 0.3 is 0 Å². The number of unbranched alkanes of at least 4 members (excludes halogenated alkanes) is 2. The van der Waals surface area contributed by atoms with Gasteiger partial charge in [-0.15, -0.1) is 0 Å². The fourth-order valence-corrected chi connectivity index (χ4v) is 3.81. The molecule has 0 radical (unpaired) electrons. The molecule has 1 aliphatic rings. The average molecular weight is 433 g/mol. The zero-order valence-corrected chi connectivity index (χ0v) is 17.9. The lowest BCUT2D eigenvalue weighted by Gasteiger charge is -2.33. The third-order valence-corrected chi connectivity index (χ3v) is 5.82. The molecular formula is C24H30F2N2O3. The van der Waals surface area contributed by atoms with E-state index < -0.39 is 11.8 Å². The number of hydrogen-bond acceptors (Lipinski definition) is 4. The highest BCUT2D eigenvalue weighted by Gasteiger charge is 2.48. The number of nitrogens with one attached hydrogen (secondary N) is 1. The molecule has 1 aromatic carbocycles. The molecule has 1 heterocycles. The lowest BCUT2D eigenvalue weighted by molar-refractivity contribution is -0.150. The highest BCUT2D eigenvalue weighted by molar-refractivity contribution is 5.80. The fraction of sp³-hybridized carbons (Fsp3) is 0.542. The highest BCUT2D eigenvalue weighted by Crippen LogP contribution is 2.42. The van der Waals surface area contributed by atoms with Crippen LogP contribution in [0.2, 0.25) is 0 Å². The van der Waals surface area contributed by atoms with Crippen LogP contribution in [0.1, 0.15) is 70.1 Å². The van der Waals surface area contributed by atoms with Crippen molar-refractivity contribution in [3.8, 4) is 11.3 Å². The second-order valence-corrected chi connectivity index (χ2v) is 8.32. The molecule has 1 fully saturated rings. The van der Waals surface area contributed by atoms with Crippen LogP contribution in [0, 0.1) is 5.92 Å². The number of amides is 1. The number of Topliss-reactive ketones (excluding diaryl/α,β-unsaturated/α-hetero) is 1. The Morgan fingerprint density at radius 2 is 1.94 bits per heavy atom. The number of hydrogen-bond donors (Lipinski definition) is 1. The van der Waals surface area contributed by atoms with E-state index in [1.54, 1.807) is 6.20 Å². The summed E-state index contributed by atoms with van der Waals surface area (Å²) >= 11 is 0. The first-order valence-electron chi connectivity index (χ1n) is 11.1. The zero-order chi connectivity index (χ0) is 22.3. The number of carbonyl (C=O) groups excluding carboxylic acids is 2. The molecular weight excluding hydrogens is 402 g/mol. The quantitative estimate of drug-likeness (QED) is 0.449.